The Balaban J connectivity index is 1.15. The third-order valence-electron chi connectivity index (χ3n) is 22.0. The number of anilines is 6. The van der Waals surface area contributed by atoms with Crippen molar-refractivity contribution in [2.75, 3.05) is 9.80 Å². The molecule has 5 aliphatic rings. The number of fused-ring (bicyclic) bond motifs is 15. The molecule has 1 fully saturated rings. The van der Waals surface area contributed by atoms with E-state index in [2.05, 4.69) is 296 Å². The van der Waals surface area contributed by atoms with Crippen molar-refractivity contribution in [1.29, 1.82) is 0 Å². The molecule has 4 heterocycles. The van der Waals surface area contributed by atoms with E-state index in [0.29, 0.717) is 0 Å². The van der Waals surface area contributed by atoms with Crippen LogP contribution in [-0.2, 0) is 43.3 Å². The minimum Gasteiger partial charge on any atom is -0.311 e. The maximum absolute atomic E-state index is 2.80. The van der Waals surface area contributed by atoms with Gasteiger partial charge in [0, 0.05) is 53.9 Å². The molecule has 2 atom stereocenters. The van der Waals surface area contributed by atoms with Crippen LogP contribution < -0.4 is 25.5 Å². The fourth-order valence-corrected chi connectivity index (χ4v) is 18.0. The first-order valence-corrected chi connectivity index (χ1v) is 33.1. The lowest BCUT2D eigenvalue weighted by Crippen LogP contribution is -2.61. The van der Waals surface area contributed by atoms with Crippen molar-refractivity contribution in [3.8, 4) is 16.8 Å². The number of rotatable bonds is 4. The minimum absolute atomic E-state index is 0.00124. The molecule has 2 bridgehead atoms. The second kappa shape index (κ2) is 17.9. The van der Waals surface area contributed by atoms with Crippen LogP contribution in [0.1, 0.15) is 201 Å². The zero-order valence-electron chi connectivity index (χ0n) is 54.7. The van der Waals surface area contributed by atoms with Gasteiger partial charge in [0.25, 0.3) is 6.71 Å². The number of aromatic nitrogens is 1. The van der Waals surface area contributed by atoms with Crippen LogP contribution >= 0.6 is 11.3 Å². The van der Waals surface area contributed by atoms with E-state index in [1.165, 1.54) is 151 Å². The molecule has 5 heteroatoms. The molecule has 3 aliphatic carbocycles. The standard InChI is InChI=1S/C81H88BN3S/c1-74(2,3)49-24-29-53(30-25-49)83-67-45-60-59(78(13,14)34-35-79(60,15)16)44-63(67)82-71-68(83)41-54(84-65-39-51(76(7,8)9)26-31-55(65)56-32-27-52(40-66(56)84)77(10,11)12)42-69(71)85(64-33-28-50(75(4,5)6)38-57(64)48-22-20-19-21-23-48)72-58-43-61-62(46-70(58)86-73(72)82)81(18)37-36-80(61,17)47-81/h19-33,38-46H,34-37,47H2,1-18H3. The van der Waals surface area contributed by atoms with Gasteiger partial charge >= 0.3 is 0 Å². The Hall–Kier alpha value is -6.82. The summed E-state index contributed by atoms with van der Waals surface area (Å²) < 4.78 is 5.53. The molecule has 10 aromatic rings. The highest BCUT2D eigenvalue weighted by molar-refractivity contribution is 7.33. The number of thiophene rings is 1. The fourth-order valence-electron chi connectivity index (χ4n) is 16.7. The normalized spacial score (nSPS) is 20.2. The van der Waals surface area contributed by atoms with E-state index in [0.717, 1.165) is 12.8 Å². The Labute approximate surface area is 518 Å². The summed E-state index contributed by atoms with van der Waals surface area (Å²) in [6.45, 7) is 43.5. The molecule has 0 radical (unpaired) electrons. The van der Waals surface area contributed by atoms with Gasteiger partial charge in [0.1, 0.15) is 0 Å². The van der Waals surface area contributed by atoms with Crippen molar-refractivity contribution in [3.05, 3.63) is 190 Å². The Morgan fingerprint density at radius 1 is 0.419 bits per heavy atom. The van der Waals surface area contributed by atoms with Crippen LogP contribution in [0.15, 0.2) is 146 Å². The van der Waals surface area contributed by atoms with Crippen molar-refractivity contribution in [2.24, 2.45) is 0 Å². The van der Waals surface area contributed by atoms with Crippen LogP contribution in [0.4, 0.5) is 34.1 Å². The number of hydrogen-bond donors (Lipinski definition) is 0. The molecule has 0 spiro atoms. The molecule has 0 N–H and O–H groups in total. The molecule has 0 saturated heterocycles. The number of hydrogen-bond acceptors (Lipinski definition) is 3. The van der Waals surface area contributed by atoms with Gasteiger partial charge in [-0.25, -0.2) is 0 Å². The zero-order valence-corrected chi connectivity index (χ0v) is 55.5. The lowest BCUT2D eigenvalue weighted by Gasteiger charge is -2.47. The number of benzene rings is 8. The molecular formula is C81H88BN3S. The molecule has 15 rings (SSSR count). The van der Waals surface area contributed by atoms with E-state index in [1.807, 2.05) is 0 Å². The zero-order chi connectivity index (χ0) is 60.5. The third kappa shape index (κ3) is 8.17. The molecule has 2 aromatic heterocycles. The van der Waals surface area contributed by atoms with Crippen molar-refractivity contribution in [1.82, 2.24) is 4.57 Å². The van der Waals surface area contributed by atoms with Crippen molar-refractivity contribution >= 4 is 99.8 Å². The first-order valence-electron chi connectivity index (χ1n) is 32.3. The lowest BCUT2D eigenvalue weighted by atomic mass is 9.35. The lowest BCUT2D eigenvalue weighted by molar-refractivity contribution is 0.332. The molecule has 436 valence electrons. The van der Waals surface area contributed by atoms with Crippen molar-refractivity contribution in [3.63, 3.8) is 0 Å². The van der Waals surface area contributed by atoms with E-state index in [-0.39, 0.29) is 50.0 Å². The first-order chi connectivity index (χ1) is 40.3. The van der Waals surface area contributed by atoms with Gasteiger partial charge in [-0.2, -0.15) is 0 Å². The second-order valence-electron chi connectivity index (χ2n) is 33.2. The highest BCUT2D eigenvalue weighted by Gasteiger charge is 2.54. The third-order valence-corrected chi connectivity index (χ3v) is 23.2. The highest BCUT2D eigenvalue weighted by atomic mass is 32.1. The average Bonchev–Trinajstić information content (AvgIpc) is 1.30. The molecule has 3 nitrogen and oxygen atoms in total. The summed E-state index contributed by atoms with van der Waals surface area (Å²) in [6.07, 6.45) is 6.04. The van der Waals surface area contributed by atoms with Gasteiger partial charge in [-0.05, 0) is 203 Å². The molecule has 2 unspecified atom stereocenters. The molecule has 2 aliphatic heterocycles. The quantitative estimate of drug-likeness (QED) is 0.163. The Kier molecular flexibility index (Phi) is 11.6. The van der Waals surface area contributed by atoms with Crippen LogP contribution in [0.3, 0.4) is 0 Å². The average molecular weight is 1150 g/mol. The largest absolute Gasteiger partial charge is 0.311 e. The Morgan fingerprint density at radius 3 is 1.50 bits per heavy atom. The predicted octanol–water partition coefficient (Wildman–Crippen LogP) is 21.0. The SMILES string of the molecule is CC(C)(C)c1ccc(N2c3cc4c(cc3B3c5sc6cc7c(cc6c5N(c5ccc(C(C)(C)C)cc5-c5ccccc5)c5cc(-n6c8cc(C(C)(C)C)ccc8c8ccc(C(C)(C)C)cc86)cc2c53)C2(C)CCC7(C)C2)C(C)(C)CCC4(C)C)cc1. The van der Waals surface area contributed by atoms with Crippen molar-refractivity contribution < 1.29 is 0 Å². The van der Waals surface area contributed by atoms with Crippen molar-refractivity contribution in [2.45, 2.75) is 200 Å². The summed E-state index contributed by atoms with van der Waals surface area (Å²) >= 11 is 2.09. The fraction of sp³-hybridized carbons (Fsp3) is 0.383. The van der Waals surface area contributed by atoms with Crippen LogP contribution in [0.2, 0.25) is 0 Å². The summed E-state index contributed by atoms with van der Waals surface area (Å²) in [5, 5.41) is 3.96. The summed E-state index contributed by atoms with van der Waals surface area (Å²) in [5.74, 6) is 0. The van der Waals surface area contributed by atoms with Crippen LogP contribution in [-0.4, -0.2) is 11.3 Å². The van der Waals surface area contributed by atoms with E-state index in [4.69, 9.17) is 0 Å². The monoisotopic (exact) mass is 1150 g/mol. The maximum atomic E-state index is 2.80. The van der Waals surface area contributed by atoms with Crippen LogP contribution in [0.5, 0.6) is 0 Å². The molecule has 8 aromatic carbocycles. The van der Waals surface area contributed by atoms with Gasteiger partial charge in [0.05, 0.1) is 28.1 Å². The Bertz CT molecular complexity index is 4450. The van der Waals surface area contributed by atoms with E-state index < -0.39 is 0 Å². The first kappa shape index (κ1) is 55.7. The summed E-state index contributed by atoms with van der Waals surface area (Å²) in [5.41, 5.74) is 28.2. The Morgan fingerprint density at radius 2 is 0.930 bits per heavy atom. The van der Waals surface area contributed by atoms with E-state index in [9.17, 15) is 0 Å². The van der Waals surface area contributed by atoms with Gasteiger partial charge in [-0.3, -0.25) is 0 Å². The summed E-state index contributed by atoms with van der Waals surface area (Å²) in [4.78, 5) is 5.52. The minimum atomic E-state index is -0.0671. The topological polar surface area (TPSA) is 11.4 Å². The van der Waals surface area contributed by atoms with Crippen LogP contribution in [0, 0.1) is 0 Å². The molecule has 1 saturated carbocycles. The van der Waals surface area contributed by atoms with E-state index >= 15 is 0 Å². The van der Waals surface area contributed by atoms with Gasteiger partial charge in [-0.1, -0.05) is 203 Å². The highest BCUT2D eigenvalue weighted by Crippen LogP contribution is 2.63. The second-order valence-corrected chi connectivity index (χ2v) is 34.3. The van der Waals surface area contributed by atoms with Crippen LogP contribution in [0.25, 0.3) is 48.7 Å². The molecule has 0 amide bonds. The summed E-state index contributed by atoms with van der Waals surface area (Å²) in [7, 11) is 0. The molecular weight excluding hydrogens is 1060 g/mol. The summed E-state index contributed by atoms with van der Waals surface area (Å²) in [6, 6.07) is 59.2. The number of nitrogens with zero attached hydrogens (tertiary/aromatic N) is 3. The molecule has 86 heavy (non-hydrogen) atoms. The van der Waals surface area contributed by atoms with E-state index in [1.54, 1.807) is 11.1 Å². The van der Waals surface area contributed by atoms with Gasteiger partial charge in [0.2, 0.25) is 0 Å². The smallest absolute Gasteiger partial charge is 0.264 e. The van der Waals surface area contributed by atoms with Gasteiger partial charge in [-0.15, -0.1) is 11.3 Å². The van der Waals surface area contributed by atoms with Gasteiger partial charge in [0.15, 0.2) is 0 Å². The van der Waals surface area contributed by atoms with Gasteiger partial charge < -0.3 is 14.4 Å². The predicted molar refractivity (Wildman–Crippen MR) is 374 cm³/mol. The maximum Gasteiger partial charge on any atom is 0.264 e.